The normalized spacial score (nSPS) is 19.0. The summed E-state index contributed by atoms with van der Waals surface area (Å²) >= 11 is 0. The third-order valence-corrected chi connectivity index (χ3v) is 5.12. The van der Waals surface area contributed by atoms with Crippen molar-refractivity contribution in [3.63, 3.8) is 0 Å². The second kappa shape index (κ2) is 5.67. The van der Waals surface area contributed by atoms with Crippen molar-refractivity contribution < 1.29 is 9.53 Å². The van der Waals surface area contributed by atoms with Crippen molar-refractivity contribution in [1.82, 2.24) is 4.98 Å². The van der Waals surface area contributed by atoms with Gasteiger partial charge in [-0.3, -0.25) is 9.78 Å². The van der Waals surface area contributed by atoms with E-state index in [4.69, 9.17) is 10.5 Å². The molecule has 0 amide bonds. The van der Waals surface area contributed by atoms with Crippen molar-refractivity contribution in [3.05, 3.63) is 71.0 Å². The number of pyridine rings is 1. The Balaban J connectivity index is 1.88. The number of aromatic nitrogens is 1. The fraction of sp³-hybridized carbons (Fsp3) is 0.238. The van der Waals surface area contributed by atoms with Gasteiger partial charge in [-0.05, 0) is 54.5 Å². The van der Waals surface area contributed by atoms with Crippen LogP contribution in [-0.2, 0) is 12.0 Å². The second-order valence-electron chi connectivity index (χ2n) is 6.86. The second-order valence-corrected chi connectivity index (χ2v) is 6.86. The van der Waals surface area contributed by atoms with Gasteiger partial charge in [0.2, 0.25) is 0 Å². The van der Waals surface area contributed by atoms with E-state index in [0.717, 1.165) is 34.7 Å². The number of benzene rings is 2. The summed E-state index contributed by atoms with van der Waals surface area (Å²) in [6.45, 7) is 2.03. The van der Waals surface area contributed by atoms with Crippen LogP contribution < -0.4 is 10.5 Å². The number of ketones is 1. The first-order chi connectivity index (χ1) is 12.0. The quantitative estimate of drug-likeness (QED) is 0.744. The Labute approximate surface area is 146 Å². The molecule has 2 N–H and O–H groups in total. The fourth-order valence-electron chi connectivity index (χ4n) is 3.70. The first-order valence-electron chi connectivity index (χ1n) is 8.39. The summed E-state index contributed by atoms with van der Waals surface area (Å²) < 4.78 is 5.53. The molecule has 0 aliphatic heterocycles. The van der Waals surface area contributed by atoms with Crippen LogP contribution in [0, 0.1) is 0 Å². The SMILES string of the molecule is COc1cc2c(cc1C(=O)c1cccc3cnccc13)CCC2(C)N. The molecule has 1 aliphatic carbocycles. The average molecular weight is 332 g/mol. The lowest BCUT2D eigenvalue weighted by Crippen LogP contribution is -2.29. The standard InChI is InChI=1S/C21H20N2O2/c1-21(22)8-6-13-10-17(19(25-2)11-18(13)21)20(24)16-5-3-4-14-12-23-9-7-15(14)16/h3-5,7,9-12H,6,8,22H2,1-2H3. The molecular weight excluding hydrogens is 312 g/mol. The molecule has 1 atom stereocenters. The van der Waals surface area contributed by atoms with Gasteiger partial charge in [0.25, 0.3) is 0 Å². The zero-order chi connectivity index (χ0) is 17.6. The Bertz CT molecular complexity index is 987. The molecule has 0 fully saturated rings. The van der Waals surface area contributed by atoms with Crippen LogP contribution in [0.4, 0.5) is 0 Å². The molecule has 1 unspecified atom stereocenters. The number of fused-ring (bicyclic) bond motifs is 2. The van der Waals surface area contributed by atoms with Crippen molar-refractivity contribution in [3.8, 4) is 5.75 Å². The number of methoxy groups -OCH3 is 1. The molecule has 1 aliphatic rings. The summed E-state index contributed by atoms with van der Waals surface area (Å²) in [6, 6.07) is 11.5. The van der Waals surface area contributed by atoms with Crippen LogP contribution >= 0.6 is 0 Å². The minimum Gasteiger partial charge on any atom is -0.496 e. The highest BCUT2D eigenvalue weighted by Crippen LogP contribution is 2.39. The molecule has 126 valence electrons. The van der Waals surface area contributed by atoms with E-state index in [1.54, 1.807) is 19.5 Å². The lowest BCUT2D eigenvalue weighted by molar-refractivity contribution is 0.103. The molecule has 3 aromatic rings. The molecule has 1 heterocycles. The smallest absolute Gasteiger partial charge is 0.197 e. The lowest BCUT2D eigenvalue weighted by Gasteiger charge is -2.20. The van der Waals surface area contributed by atoms with Crippen molar-refractivity contribution >= 4 is 16.6 Å². The largest absolute Gasteiger partial charge is 0.496 e. The van der Waals surface area contributed by atoms with Gasteiger partial charge in [0.15, 0.2) is 5.78 Å². The van der Waals surface area contributed by atoms with Crippen molar-refractivity contribution in [2.24, 2.45) is 5.73 Å². The molecule has 4 rings (SSSR count). The highest BCUT2D eigenvalue weighted by Gasteiger charge is 2.32. The van der Waals surface area contributed by atoms with Crippen LogP contribution in [0.2, 0.25) is 0 Å². The number of carbonyl (C=O) groups excluding carboxylic acids is 1. The number of carbonyl (C=O) groups is 1. The maximum atomic E-state index is 13.3. The molecule has 0 spiro atoms. The van der Waals surface area contributed by atoms with Crippen LogP contribution in [-0.4, -0.2) is 17.9 Å². The van der Waals surface area contributed by atoms with E-state index in [1.807, 2.05) is 43.3 Å². The molecule has 0 saturated heterocycles. The van der Waals surface area contributed by atoms with E-state index in [9.17, 15) is 4.79 Å². The number of nitrogens with two attached hydrogens (primary N) is 1. The Hall–Kier alpha value is -2.72. The molecule has 25 heavy (non-hydrogen) atoms. The van der Waals surface area contributed by atoms with E-state index < -0.39 is 0 Å². The maximum Gasteiger partial charge on any atom is 0.197 e. The minimum absolute atomic E-state index is 0.0397. The fourth-order valence-corrected chi connectivity index (χ4v) is 3.70. The van der Waals surface area contributed by atoms with Gasteiger partial charge in [0.1, 0.15) is 5.75 Å². The molecule has 1 aromatic heterocycles. The molecule has 0 bridgehead atoms. The number of aryl methyl sites for hydroxylation is 1. The number of nitrogens with zero attached hydrogens (tertiary/aromatic N) is 1. The van der Waals surface area contributed by atoms with Gasteiger partial charge in [-0.2, -0.15) is 0 Å². The van der Waals surface area contributed by atoms with E-state index in [2.05, 4.69) is 4.98 Å². The summed E-state index contributed by atoms with van der Waals surface area (Å²) in [6.07, 6.45) is 5.24. The number of hydrogen-bond donors (Lipinski definition) is 1. The summed E-state index contributed by atoms with van der Waals surface area (Å²) in [4.78, 5) is 17.4. The number of rotatable bonds is 3. The summed E-state index contributed by atoms with van der Waals surface area (Å²) in [5.74, 6) is 0.537. The van der Waals surface area contributed by atoms with Gasteiger partial charge in [-0.15, -0.1) is 0 Å². The monoisotopic (exact) mass is 332 g/mol. The van der Waals surface area contributed by atoms with Crippen molar-refractivity contribution in [1.29, 1.82) is 0 Å². The van der Waals surface area contributed by atoms with Crippen LogP contribution in [0.3, 0.4) is 0 Å². The van der Waals surface area contributed by atoms with Crippen LogP contribution in [0.15, 0.2) is 48.8 Å². The van der Waals surface area contributed by atoms with Crippen molar-refractivity contribution in [2.45, 2.75) is 25.3 Å². The molecule has 2 aromatic carbocycles. The molecule has 4 heteroatoms. The average Bonchev–Trinajstić information content (AvgIpc) is 2.94. The van der Waals surface area contributed by atoms with Gasteiger partial charge in [0.05, 0.1) is 12.7 Å². The predicted octanol–water partition coefficient (Wildman–Crippen LogP) is 3.59. The van der Waals surface area contributed by atoms with E-state index in [0.29, 0.717) is 16.9 Å². The van der Waals surface area contributed by atoms with Crippen LogP contribution in [0.1, 0.15) is 40.4 Å². The van der Waals surface area contributed by atoms with Crippen LogP contribution in [0.5, 0.6) is 5.75 Å². The zero-order valence-electron chi connectivity index (χ0n) is 14.4. The van der Waals surface area contributed by atoms with Crippen LogP contribution in [0.25, 0.3) is 10.8 Å². The third kappa shape index (κ3) is 2.50. The van der Waals surface area contributed by atoms with Gasteiger partial charge < -0.3 is 10.5 Å². The van der Waals surface area contributed by atoms with E-state index in [-0.39, 0.29) is 11.3 Å². The summed E-state index contributed by atoms with van der Waals surface area (Å²) in [5, 5.41) is 1.84. The molecule has 0 saturated carbocycles. The third-order valence-electron chi connectivity index (χ3n) is 5.12. The van der Waals surface area contributed by atoms with Gasteiger partial charge in [0, 0.05) is 28.9 Å². The Morgan fingerprint density at radius 3 is 2.88 bits per heavy atom. The zero-order valence-corrected chi connectivity index (χ0v) is 14.4. The summed E-state index contributed by atoms with van der Waals surface area (Å²) in [5.41, 5.74) is 9.46. The first kappa shape index (κ1) is 15.8. The Morgan fingerprint density at radius 1 is 1.24 bits per heavy atom. The highest BCUT2D eigenvalue weighted by molar-refractivity contribution is 6.17. The van der Waals surface area contributed by atoms with Crippen molar-refractivity contribution in [2.75, 3.05) is 7.11 Å². The van der Waals surface area contributed by atoms with Gasteiger partial charge in [-0.25, -0.2) is 0 Å². The first-order valence-corrected chi connectivity index (χ1v) is 8.39. The maximum absolute atomic E-state index is 13.3. The Kier molecular flexibility index (Phi) is 3.58. The molecule has 0 radical (unpaired) electrons. The van der Waals surface area contributed by atoms with E-state index in [1.165, 1.54) is 0 Å². The number of ether oxygens (including phenoxy) is 1. The minimum atomic E-state index is -0.366. The topological polar surface area (TPSA) is 65.2 Å². The summed E-state index contributed by atoms with van der Waals surface area (Å²) in [7, 11) is 1.59. The highest BCUT2D eigenvalue weighted by atomic mass is 16.5. The van der Waals surface area contributed by atoms with Gasteiger partial charge >= 0.3 is 0 Å². The predicted molar refractivity (Wildman–Crippen MR) is 98.0 cm³/mol. The Morgan fingerprint density at radius 2 is 2.08 bits per heavy atom. The molecule has 4 nitrogen and oxygen atoms in total. The van der Waals surface area contributed by atoms with E-state index >= 15 is 0 Å². The van der Waals surface area contributed by atoms with Gasteiger partial charge in [-0.1, -0.05) is 18.2 Å². The molecular formula is C21H20N2O2. The lowest BCUT2D eigenvalue weighted by atomic mass is 9.91. The number of hydrogen-bond acceptors (Lipinski definition) is 4.